The molecule has 2 aliphatic heterocycles. The fourth-order valence-corrected chi connectivity index (χ4v) is 4.97. The molecule has 2 aromatic carbocycles. The molecule has 2 aliphatic rings. The number of hydrogen-bond donors (Lipinski definition) is 0. The first kappa shape index (κ1) is 20.6. The quantitative estimate of drug-likeness (QED) is 0.611. The monoisotopic (exact) mass is 431 g/mol. The van der Waals surface area contributed by atoms with Crippen LogP contribution in [0.25, 0.3) is 10.9 Å². The number of anilines is 1. The minimum Gasteiger partial charge on any atom is -0.493 e. The predicted molar refractivity (Wildman–Crippen MR) is 126 cm³/mol. The number of pyridine rings is 1. The number of para-hydroxylation sites is 1. The molecule has 0 spiro atoms. The molecule has 166 valence electrons. The van der Waals surface area contributed by atoms with Gasteiger partial charge in [0.15, 0.2) is 11.5 Å². The Morgan fingerprint density at radius 2 is 1.78 bits per heavy atom. The Kier molecular flexibility index (Phi) is 5.37. The summed E-state index contributed by atoms with van der Waals surface area (Å²) in [7, 11) is 3.32. The highest BCUT2D eigenvalue weighted by Gasteiger charge is 2.28. The largest absolute Gasteiger partial charge is 0.493 e. The Balaban J connectivity index is 1.53. The van der Waals surface area contributed by atoms with Crippen LogP contribution in [0, 0.1) is 0 Å². The Hall–Kier alpha value is -3.28. The third-order valence-electron chi connectivity index (χ3n) is 6.79. The van der Waals surface area contributed by atoms with Crippen molar-refractivity contribution in [2.45, 2.75) is 38.8 Å². The van der Waals surface area contributed by atoms with Gasteiger partial charge in [-0.25, -0.2) is 4.98 Å². The summed E-state index contributed by atoms with van der Waals surface area (Å²) in [5, 5.41) is 0.921. The van der Waals surface area contributed by atoms with Crippen molar-refractivity contribution >= 4 is 22.6 Å². The molecule has 32 heavy (non-hydrogen) atoms. The van der Waals surface area contributed by atoms with Crippen LogP contribution >= 0.6 is 0 Å². The summed E-state index contributed by atoms with van der Waals surface area (Å²) in [6.07, 6.45) is 3.02. The van der Waals surface area contributed by atoms with Crippen molar-refractivity contribution in [2.24, 2.45) is 0 Å². The lowest BCUT2D eigenvalue weighted by Crippen LogP contribution is -2.34. The van der Waals surface area contributed by atoms with Crippen LogP contribution in [-0.4, -0.2) is 49.1 Å². The van der Waals surface area contributed by atoms with Gasteiger partial charge in [0.1, 0.15) is 5.82 Å². The van der Waals surface area contributed by atoms with Crippen molar-refractivity contribution in [3.05, 3.63) is 59.2 Å². The minimum absolute atomic E-state index is 0.110. The Morgan fingerprint density at radius 1 is 1.03 bits per heavy atom. The zero-order valence-electron chi connectivity index (χ0n) is 18.9. The highest BCUT2D eigenvalue weighted by atomic mass is 16.5. The first-order chi connectivity index (χ1) is 15.6. The second-order valence-corrected chi connectivity index (χ2v) is 8.68. The number of methoxy groups -OCH3 is 2. The van der Waals surface area contributed by atoms with E-state index in [1.807, 2.05) is 35.2 Å². The molecule has 6 nitrogen and oxygen atoms in total. The molecular weight excluding hydrogens is 402 g/mol. The lowest BCUT2D eigenvalue weighted by molar-refractivity contribution is 0.0749. The first-order valence-electron chi connectivity index (χ1n) is 11.3. The average Bonchev–Trinajstić information content (AvgIpc) is 3.27. The van der Waals surface area contributed by atoms with Gasteiger partial charge in [-0.3, -0.25) is 4.79 Å². The number of amides is 1. The van der Waals surface area contributed by atoms with Gasteiger partial charge in [0.05, 0.1) is 25.3 Å². The number of benzene rings is 2. The molecule has 6 heteroatoms. The van der Waals surface area contributed by atoms with E-state index in [-0.39, 0.29) is 11.9 Å². The lowest BCUT2D eigenvalue weighted by Gasteiger charge is -2.31. The summed E-state index contributed by atoms with van der Waals surface area (Å²) < 4.78 is 11.0. The summed E-state index contributed by atoms with van der Waals surface area (Å²) >= 11 is 0. The first-order valence-corrected chi connectivity index (χ1v) is 11.3. The SMILES string of the molecule is COc1cc2c(cc1OC)CN(c1cc(C(=O)N3CCCC3C)c3ccccc3n1)CC2. The molecule has 1 amide bonds. The molecule has 5 rings (SSSR count). The second-order valence-electron chi connectivity index (χ2n) is 8.68. The average molecular weight is 432 g/mol. The van der Waals surface area contributed by atoms with E-state index in [0.717, 1.165) is 72.7 Å². The van der Waals surface area contributed by atoms with Gasteiger partial charge in [-0.1, -0.05) is 18.2 Å². The van der Waals surface area contributed by atoms with Gasteiger partial charge in [-0.05, 0) is 61.6 Å². The molecule has 3 aromatic rings. The van der Waals surface area contributed by atoms with Crippen LogP contribution in [0.15, 0.2) is 42.5 Å². The van der Waals surface area contributed by atoms with Crippen molar-refractivity contribution in [3.8, 4) is 11.5 Å². The van der Waals surface area contributed by atoms with E-state index in [1.54, 1.807) is 14.2 Å². The topological polar surface area (TPSA) is 54.9 Å². The molecule has 1 atom stereocenters. The van der Waals surface area contributed by atoms with E-state index < -0.39 is 0 Å². The number of carbonyl (C=O) groups is 1. The van der Waals surface area contributed by atoms with Crippen molar-refractivity contribution in [2.75, 3.05) is 32.2 Å². The molecule has 0 aliphatic carbocycles. The van der Waals surface area contributed by atoms with Gasteiger partial charge in [-0.2, -0.15) is 0 Å². The fraction of sp³-hybridized carbons (Fsp3) is 0.385. The number of ether oxygens (including phenoxy) is 2. The van der Waals surface area contributed by atoms with Crippen molar-refractivity contribution in [1.82, 2.24) is 9.88 Å². The van der Waals surface area contributed by atoms with Crippen LogP contribution in [-0.2, 0) is 13.0 Å². The van der Waals surface area contributed by atoms with Crippen LogP contribution in [0.1, 0.15) is 41.3 Å². The van der Waals surface area contributed by atoms with Crippen LogP contribution in [0.4, 0.5) is 5.82 Å². The van der Waals surface area contributed by atoms with Gasteiger partial charge >= 0.3 is 0 Å². The smallest absolute Gasteiger partial charge is 0.254 e. The van der Waals surface area contributed by atoms with Gasteiger partial charge in [0.25, 0.3) is 5.91 Å². The number of rotatable bonds is 4. The highest BCUT2D eigenvalue weighted by molar-refractivity contribution is 6.07. The number of nitrogens with zero attached hydrogens (tertiary/aromatic N) is 3. The summed E-state index contributed by atoms with van der Waals surface area (Å²) in [5.41, 5.74) is 4.07. The maximum atomic E-state index is 13.5. The third kappa shape index (κ3) is 3.53. The normalized spacial score (nSPS) is 18.0. The zero-order chi connectivity index (χ0) is 22.2. The molecule has 1 saturated heterocycles. The van der Waals surface area contributed by atoms with E-state index in [9.17, 15) is 4.79 Å². The standard InChI is InChI=1S/C26H29N3O3/c1-17-7-6-11-29(17)26(30)21-15-25(27-22-9-5-4-8-20(21)22)28-12-10-18-13-23(31-2)24(32-3)14-19(18)16-28/h4-5,8-9,13-15,17H,6-7,10-12,16H2,1-3H3. The van der Waals surface area contributed by atoms with Gasteiger partial charge in [0.2, 0.25) is 0 Å². The Labute approximate surface area is 188 Å². The molecule has 1 aromatic heterocycles. The minimum atomic E-state index is 0.110. The van der Waals surface area contributed by atoms with Crippen molar-refractivity contribution < 1.29 is 14.3 Å². The van der Waals surface area contributed by atoms with E-state index >= 15 is 0 Å². The molecule has 0 N–H and O–H groups in total. The number of hydrogen-bond acceptors (Lipinski definition) is 5. The molecule has 1 unspecified atom stereocenters. The predicted octanol–water partition coefficient (Wildman–Crippen LogP) is 4.44. The van der Waals surface area contributed by atoms with Gasteiger partial charge in [0, 0.05) is 31.1 Å². The fourth-order valence-electron chi connectivity index (χ4n) is 4.97. The van der Waals surface area contributed by atoms with E-state index in [4.69, 9.17) is 14.5 Å². The van der Waals surface area contributed by atoms with E-state index in [0.29, 0.717) is 0 Å². The van der Waals surface area contributed by atoms with E-state index in [1.165, 1.54) is 11.1 Å². The maximum Gasteiger partial charge on any atom is 0.254 e. The van der Waals surface area contributed by atoms with Crippen molar-refractivity contribution in [3.63, 3.8) is 0 Å². The van der Waals surface area contributed by atoms with Crippen LogP contribution < -0.4 is 14.4 Å². The summed E-state index contributed by atoms with van der Waals surface area (Å²) in [6, 6.07) is 14.3. The number of fused-ring (bicyclic) bond motifs is 2. The van der Waals surface area contributed by atoms with Gasteiger partial charge < -0.3 is 19.3 Å². The van der Waals surface area contributed by atoms with Crippen molar-refractivity contribution in [1.29, 1.82) is 0 Å². The van der Waals surface area contributed by atoms with Crippen LogP contribution in [0.2, 0.25) is 0 Å². The van der Waals surface area contributed by atoms with Crippen LogP contribution in [0.3, 0.4) is 0 Å². The highest BCUT2D eigenvalue weighted by Crippen LogP contribution is 2.35. The Morgan fingerprint density at radius 3 is 2.50 bits per heavy atom. The van der Waals surface area contributed by atoms with Gasteiger partial charge in [-0.15, -0.1) is 0 Å². The number of carbonyl (C=O) groups excluding carboxylic acids is 1. The number of aromatic nitrogens is 1. The number of likely N-dealkylation sites (tertiary alicyclic amines) is 1. The van der Waals surface area contributed by atoms with Crippen LogP contribution in [0.5, 0.6) is 11.5 Å². The molecular formula is C26H29N3O3. The summed E-state index contributed by atoms with van der Waals surface area (Å²) in [5.74, 6) is 2.45. The summed E-state index contributed by atoms with van der Waals surface area (Å²) in [6.45, 7) is 4.51. The molecule has 0 bridgehead atoms. The molecule has 0 saturated carbocycles. The molecule has 0 radical (unpaired) electrons. The maximum absolute atomic E-state index is 13.5. The zero-order valence-corrected chi connectivity index (χ0v) is 18.9. The molecule has 1 fully saturated rings. The summed E-state index contributed by atoms with van der Waals surface area (Å²) in [4.78, 5) is 22.7. The third-order valence-corrected chi connectivity index (χ3v) is 6.79. The second kappa shape index (κ2) is 8.34. The molecule has 3 heterocycles. The lowest BCUT2D eigenvalue weighted by atomic mass is 9.98. The Bertz CT molecular complexity index is 1180. The van der Waals surface area contributed by atoms with E-state index in [2.05, 4.69) is 24.0 Å².